The average Bonchev–Trinajstić information content (AvgIpc) is 2.91. The molecule has 0 saturated heterocycles. The van der Waals surface area contributed by atoms with Gasteiger partial charge in [0.05, 0.1) is 5.69 Å². The summed E-state index contributed by atoms with van der Waals surface area (Å²) in [5.74, 6) is 1.67. The van der Waals surface area contributed by atoms with Crippen LogP contribution in [-0.4, -0.2) is 9.55 Å². The lowest BCUT2D eigenvalue weighted by molar-refractivity contribution is 0.526. The molecule has 0 spiro atoms. The zero-order chi connectivity index (χ0) is 15.4. The average molecular weight is 290 g/mol. The maximum absolute atomic E-state index is 4.89. The summed E-state index contributed by atoms with van der Waals surface area (Å²) < 4.78 is 2.29. The monoisotopic (exact) mass is 290 g/mol. The molecule has 1 aromatic heterocycles. The van der Waals surface area contributed by atoms with Crippen molar-refractivity contribution in [1.29, 1.82) is 0 Å². The Morgan fingerprint density at radius 2 is 1.55 bits per heavy atom. The molecule has 0 N–H and O–H groups in total. The van der Waals surface area contributed by atoms with E-state index in [0.29, 0.717) is 5.92 Å². The first-order chi connectivity index (χ1) is 10.7. The minimum absolute atomic E-state index is 0.598. The van der Waals surface area contributed by atoms with Crippen LogP contribution in [0.25, 0.3) is 11.4 Å². The Bertz CT molecular complexity index is 712. The van der Waals surface area contributed by atoms with Crippen molar-refractivity contribution >= 4 is 0 Å². The molecule has 0 fully saturated rings. The van der Waals surface area contributed by atoms with Crippen molar-refractivity contribution in [2.24, 2.45) is 5.92 Å². The van der Waals surface area contributed by atoms with Crippen molar-refractivity contribution < 1.29 is 0 Å². The summed E-state index contributed by atoms with van der Waals surface area (Å²) >= 11 is 0. The van der Waals surface area contributed by atoms with Gasteiger partial charge in [-0.05, 0) is 11.5 Å². The van der Waals surface area contributed by atoms with Crippen molar-refractivity contribution in [3.8, 4) is 11.4 Å². The van der Waals surface area contributed by atoms with E-state index in [0.717, 1.165) is 24.5 Å². The van der Waals surface area contributed by atoms with Gasteiger partial charge in [-0.15, -0.1) is 0 Å². The lowest BCUT2D eigenvalue weighted by Gasteiger charge is -2.09. The van der Waals surface area contributed by atoms with Gasteiger partial charge in [0, 0.05) is 24.7 Å². The lowest BCUT2D eigenvalue weighted by Crippen LogP contribution is -2.05. The Morgan fingerprint density at radius 1 is 0.909 bits per heavy atom. The van der Waals surface area contributed by atoms with E-state index >= 15 is 0 Å². The van der Waals surface area contributed by atoms with Gasteiger partial charge < -0.3 is 4.57 Å². The van der Waals surface area contributed by atoms with Gasteiger partial charge in [0.2, 0.25) is 0 Å². The Hall–Kier alpha value is -2.35. The number of rotatable bonds is 5. The summed E-state index contributed by atoms with van der Waals surface area (Å²) in [5.41, 5.74) is 3.62. The molecular weight excluding hydrogens is 268 g/mol. The fourth-order valence-electron chi connectivity index (χ4n) is 2.71. The van der Waals surface area contributed by atoms with Gasteiger partial charge in [0.25, 0.3) is 0 Å². The van der Waals surface area contributed by atoms with Crippen LogP contribution < -0.4 is 0 Å². The summed E-state index contributed by atoms with van der Waals surface area (Å²) in [6.07, 6.45) is 3.08. The molecule has 1 heterocycles. The molecule has 0 atom stereocenters. The minimum atomic E-state index is 0.598. The van der Waals surface area contributed by atoms with Gasteiger partial charge in [-0.25, -0.2) is 4.98 Å². The highest BCUT2D eigenvalue weighted by molar-refractivity contribution is 5.56. The van der Waals surface area contributed by atoms with Crippen LogP contribution in [0.2, 0.25) is 0 Å². The van der Waals surface area contributed by atoms with E-state index in [1.807, 2.05) is 6.07 Å². The number of hydrogen-bond donors (Lipinski definition) is 0. The molecule has 0 aliphatic carbocycles. The maximum Gasteiger partial charge on any atom is 0.140 e. The Labute approximate surface area is 132 Å². The number of imidazole rings is 1. The van der Waals surface area contributed by atoms with E-state index in [2.05, 4.69) is 79.2 Å². The van der Waals surface area contributed by atoms with Crippen LogP contribution in [0.1, 0.15) is 25.1 Å². The second-order valence-electron chi connectivity index (χ2n) is 6.13. The highest BCUT2D eigenvalue weighted by Crippen LogP contribution is 2.21. The second kappa shape index (κ2) is 6.61. The number of hydrogen-bond acceptors (Lipinski definition) is 1. The van der Waals surface area contributed by atoms with E-state index in [1.165, 1.54) is 11.1 Å². The van der Waals surface area contributed by atoms with Crippen LogP contribution in [0.3, 0.4) is 0 Å². The molecule has 2 nitrogen and oxygen atoms in total. The number of aromatic nitrogens is 2. The first kappa shape index (κ1) is 14.6. The highest BCUT2D eigenvalue weighted by Gasteiger charge is 2.11. The van der Waals surface area contributed by atoms with Gasteiger partial charge in [-0.1, -0.05) is 74.5 Å². The molecule has 0 aliphatic rings. The number of benzene rings is 2. The summed E-state index contributed by atoms with van der Waals surface area (Å²) in [6, 6.07) is 21.0. The largest absolute Gasteiger partial charge is 0.330 e. The summed E-state index contributed by atoms with van der Waals surface area (Å²) in [6.45, 7) is 5.48. The van der Waals surface area contributed by atoms with Crippen LogP contribution in [0, 0.1) is 5.92 Å². The Balaban J connectivity index is 1.94. The molecule has 0 amide bonds. The molecular formula is C20H22N2. The zero-order valence-electron chi connectivity index (χ0n) is 13.2. The third-order valence-corrected chi connectivity index (χ3v) is 3.65. The van der Waals surface area contributed by atoms with E-state index in [9.17, 15) is 0 Å². The topological polar surface area (TPSA) is 17.8 Å². The normalized spacial score (nSPS) is 11.0. The van der Waals surface area contributed by atoms with Crippen LogP contribution in [0.5, 0.6) is 0 Å². The Kier molecular flexibility index (Phi) is 4.38. The predicted molar refractivity (Wildman–Crippen MR) is 91.7 cm³/mol. The van der Waals surface area contributed by atoms with Crippen molar-refractivity contribution in [1.82, 2.24) is 9.55 Å². The highest BCUT2D eigenvalue weighted by atomic mass is 15.1. The van der Waals surface area contributed by atoms with Crippen molar-refractivity contribution in [2.45, 2.75) is 26.8 Å². The fraction of sp³-hybridized carbons (Fsp3) is 0.250. The predicted octanol–water partition coefficient (Wildman–Crippen LogP) is 4.80. The molecule has 3 aromatic rings. The van der Waals surface area contributed by atoms with E-state index in [-0.39, 0.29) is 0 Å². The van der Waals surface area contributed by atoms with Gasteiger partial charge in [0.15, 0.2) is 0 Å². The molecule has 0 aliphatic heterocycles. The molecule has 0 unspecified atom stereocenters. The van der Waals surface area contributed by atoms with Crippen LogP contribution in [0.4, 0.5) is 0 Å². The van der Waals surface area contributed by atoms with Gasteiger partial charge >= 0.3 is 0 Å². The molecule has 0 saturated carbocycles. The molecule has 2 aromatic carbocycles. The van der Waals surface area contributed by atoms with Crippen molar-refractivity contribution in [2.75, 3.05) is 0 Å². The van der Waals surface area contributed by atoms with E-state index < -0.39 is 0 Å². The van der Waals surface area contributed by atoms with Crippen LogP contribution >= 0.6 is 0 Å². The third-order valence-electron chi connectivity index (χ3n) is 3.65. The quantitative estimate of drug-likeness (QED) is 0.660. The zero-order valence-corrected chi connectivity index (χ0v) is 13.2. The minimum Gasteiger partial charge on any atom is -0.330 e. The lowest BCUT2D eigenvalue weighted by atomic mass is 10.1. The van der Waals surface area contributed by atoms with Crippen molar-refractivity contribution in [3.63, 3.8) is 0 Å². The van der Waals surface area contributed by atoms with Crippen LogP contribution in [-0.2, 0) is 13.0 Å². The first-order valence-electron chi connectivity index (χ1n) is 7.88. The standard InChI is InChI=1S/C20H22N2/c1-16(2)14-22-15-19(13-17-9-5-3-6-10-17)21-20(22)18-11-7-4-8-12-18/h3-12,15-16H,13-14H2,1-2H3. The smallest absolute Gasteiger partial charge is 0.140 e. The molecule has 2 heteroatoms. The molecule has 112 valence electrons. The molecule has 22 heavy (non-hydrogen) atoms. The summed E-state index contributed by atoms with van der Waals surface area (Å²) in [5, 5.41) is 0. The molecule has 0 bridgehead atoms. The van der Waals surface area contributed by atoms with E-state index in [4.69, 9.17) is 4.98 Å². The third kappa shape index (κ3) is 3.45. The Morgan fingerprint density at radius 3 is 2.18 bits per heavy atom. The van der Waals surface area contributed by atoms with E-state index in [1.54, 1.807) is 0 Å². The SMILES string of the molecule is CC(C)Cn1cc(Cc2ccccc2)nc1-c1ccccc1. The first-order valence-corrected chi connectivity index (χ1v) is 7.88. The van der Waals surface area contributed by atoms with Crippen LogP contribution in [0.15, 0.2) is 66.9 Å². The summed E-state index contributed by atoms with van der Waals surface area (Å²) in [7, 11) is 0. The number of nitrogens with zero attached hydrogens (tertiary/aromatic N) is 2. The molecule has 0 radical (unpaired) electrons. The van der Waals surface area contributed by atoms with Gasteiger partial charge in [-0.2, -0.15) is 0 Å². The van der Waals surface area contributed by atoms with Gasteiger partial charge in [-0.3, -0.25) is 0 Å². The maximum atomic E-state index is 4.89. The fourth-order valence-corrected chi connectivity index (χ4v) is 2.71. The summed E-state index contributed by atoms with van der Waals surface area (Å²) in [4.78, 5) is 4.89. The second-order valence-corrected chi connectivity index (χ2v) is 6.13. The molecule has 3 rings (SSSR count). The van der Waals surface area contributed by atoms with Crippen molar-refractivity contribution in [3.05, 3.63) is 78.1 Å². The van der Waals surface area contributed by atoms with Gasteiger partial charge in [0.1, 0.15) is 5.82 Å².